The molecule has 0 saturated carbocycles. The molecule has 3 aromatic rings. The summed E-state index contributed by atoms with van der Waals surface area (Å²) in [6, 6.07) is 23.7. The van der Waals surface area contributed by atoms with Crippen LogP contribution in [-0.2, 0) is 0 Å². The van der Waals surface area contributed by atoms with Gasteiger partial charge in [0.1, 0.15) is 23.6 Å². The Hall–Kier alpha value is -3.96. The molecule has 0 aliphatic heterocycles. The van der Waals surface area contributed by atoms with Gasteiger partial charge < -0.3 is 4.74 Å². The molecule has 5 heteroatoms. The largest absolute Gasteiger partial charge is 0.457 e. The van der Waals surface area contributed by atoms with Crippen molar-refractivity contribution in [2.75, 3.05) is 0 Å². The van der Waals surface area contributed by atoms with Crippen molar-refractivity contribution < 1.29 is 4.74 Å². The highest BCUT2D eigenvalue weighted by Crippen LogP contribution is 2.26. The number of hydrogen-bond donors (Lipinski definition) is 0. The van der Waals surface area contributed by atoms with E-state index in [0.29, 0.717) is 22.7 Å². The lowest BCUT2D eigenvalue weighted by Crippen LogP contribution is -1.88. The molecule has 0 unspecified atom stereocenters. The minimum absolute atomic E-state index is 0.286. The molecule has 0 heterocycles. The monoisotopic (exact) mass is 338 g/mol. The van der Waals surface area contributed by atoms with Crippen molar-refractivity contribution >= 4 is 11.4 Å². The molecular weight excluding hydrogens is 324 g/mol. The average Bonchev–Trinajstić information content (AvgIpc) is 2.68. The van der Waals surface area contributed by atoms with Crippen LogP contribution >= 0.6 is 0 Å². The number of rotatable bonds is 4. The smallest absolute Gasteiger partial charge is 0.128 e. The van der Waals surface area contributed by atoms with Crippen molar-refractivity contribution in [2.45, 2.75) is 6.92 Å². The molecule has 3 aromatic carbocycles. The quantitative estimate of drug-likeness (QED) is 0.551. The molecule has 26 heavy (non-hydrogen) atoms. The van der Waals surface area contributed by atoms with Crippen LogP contribution in [0.3, 0.4) is 0 Å². The molecule has 0 fully saturated rings. The molecular formula is C21H14N4O. The van der Waals surface area contributed by atoms with E-state index < -0.39 is 0 Å². The van der Waals surface area contributed by atoms with Crippen LogP contribution in [0.25, 0.3) is 0 Å². The number of ether oxygens (including phenoxy) is 1. The van der Waals surface area contributed by atoms with Crippen LogP contribution in [0, 0.1) is 29.6 Å². The van der Waals surface area contributed by atoms with Gasteiger partial charge in [0.2, 0.25) is 0 Å². The third-order valence-corrected chi connectivity index (χ3v) is 3.62. The van der Waals surface area contributed by atoms with Gasteiger partial charge in [-0.1, -0.05) is 17.7 Å². The second kappa shape index (κ2) is 7.74. The Kier molecular flexibility index (Phi) is 5.03. The molecule has 0 radical (unpaired) electrons. The summed E-state index contributed by atoms with van der Waals surface area (Å²) in [6.45, 7) is 2.02. The summed E-state index contributed by atoms with van der Waals surface area (Å²) in [5.74, 6) is 1.10. The van der Waals surface area contributed by atoms with Gasteiger partial charge >= 0.3 is 0 Å². The molecule has 5 nitrogen and oxygen atoms in total. The van der Waals surface area contributed by atoms with E-state index in [1.807, 2.05) is 43.3 Å². The number of hydrogen-bond acceptors (Lipinski definition) is 5. The molecule has 0 aliphatic rings. The maximum absolute atomic E-state index is 9.07. The minimum Gasteiger partial charge on any atom is -0.457 e. The molecule has 0 N–H and O–H groups in total. The lowest BCUT2D eigenvalue weighted by Gasteiger charge is -2.06. The fourth-order valence-electron chi connectivity index (χ4n) is 2.22. The Morgan fingerprint density at radius 3 is 1.81 bits per heavy atom. The van der Waals surface area contributed by atoms with E-state index in [4.69, 9.17) is 15.3 Å². The Bertz CT molecular complexity index is 1020. The Morgan fingerprint density at radius 2 is 1.23 bits per heavy atom. The molecule has 0 amide bonds. The second-order valence-corrected chi connectivity index (χ2v) is 5.56. The first-order chi connectivity index (χ1) is 12.7. The van der Waals surface area contributed by atoms with Crippen molar-refractivity contribution in [1.29, 1.82) is 10.5 Å². The summed E-state index contributed by atoms with van der Waals surface area (Å²) >= 11 is 0. The Balaban J connectivity index is 1.71. The lowest BCUT2D eigenvalue weighted by molar-refractivity contribution is 0.482. The average molecular weight is 338 g/mol. The van der Waals surface area contributed by atoms with Crippen LogP contribution in [0.5, 0.6) is 11.5 Å². The van der Waals surface area contributed by atoms with Gasteiger partial charge in [0.25, 0.3) is 0 Å². The van der Waals surface area contributed by atoms with Gasteiger partial charge in [0, 0.05) is 0 Å². The third-order valence-electron chi connectivity index (χ3n) is 3.62. The van der Waals surface area contributed by atoms with Gasteiger partial charge in [-0.2, -0.15) is 20.8 Å². The van der Waals surface area contributed by atoms with Gasteiger partial charge in [-0.3, -0.25) is 0 Å². The molecule has 0 aromatic heterocycles. The molecule has 0 aliphatic carbocycles. The van der Waals surface area contributed by atoms with Crippen molar-refractivity contribution in [2.24, 2.45) is 10.2 Å². The van der Waals surface area contributed by atoms with Crippen molar-refractivity contribution in [3.8, 4) is 23.6 Å². The van der Waals surface area contributed by atoms with Gasteiger partial charge in [-0.05, 0) is 61.5 Å². The van der Waals surface area contributed by atoms with Crippen molar-refractivity contribution in [3.63, 3.8) is 0 Å². The van der Waals surface area contributed by atoms with E-state index in [2.05, 4.69) is 10.2 Å². The van der Waals surface area contributed by atoms with Crippen molar-refractivity contribution in [1.82, 2.24) is 0 Å². The predicted octanol–water partition coefficient (Wildman–Crippen LogP) is 5.95. The van der Waals surface area contributed by atoms with E-state index in [1.54, 1.807) is 42.5 Å². The first-order valence-corrected chi connectivity index (χ1v) is 7.88. The Labute approximate surface area is 151 Å². The summed E-state index contributed by atoms with van der Waals surface area (Å²) in [7, 11) is 0. The maximum Gasteiger partial charge on any atom is 0.128 e. The van der Waals surface area contributed by atoms with Crippen molar-refractivity contribution in [3.05, 3.63) is 83.4 Å². The summed E-state index contributed by atoms with van der Waals surface area (Å²) in [6.07, 6.45) is 0. The highest BCUT2D eigenvalue weighted by molar-refractivity contribution is 5.50. The summed E-state index contributed by atoms with van der Waals surface area (Å²) in [5.41, 5.74) is 3.28. The highest BCUT2D eigenvalue weighted by Gasteiger charge is 2.04. The molecule has 0 atom stereocenters. The van der Waals surface area contributed by atoms with Crippen LogP contribution in [0.15, 0.2) is 77.0 Å². The first kappa shape index (κ1) is 16.9. The highest BCUT2D eigenvalue weighted by atomic mass is 16.5. The first-order valence-electron chi connectivity index (χ1n) is 7.88. The van der Waals surface area contributed by atoms with Gasteiger partial charge in [0.05, 0.1) is 22.5 Å². The molecule has 0 bridgehead atoms. The van der Waals surface area contributed by atoms with Crippen LogP contribution in [-0.4, -0.2) is 0 Å². The number of benzene rings is 3. The topological polar surface area (TPSA) is 81.5 Å². The predicted molar refractivity (Wildman–Crippen MR) is 97.7 cm³/mol. The number of aryl methyl sites for hydroxylation is 1. The number of azo groups is 1. The SMILES string of the molecule is Cc1ccc(N=Nc2ccc(Oc3ccc(C#N)c(C#N)c3)cc2)cc1. The van der Waals surface area contributed by atoms with E-state index >= 15 is 0 Å². The second-order valence-electron chi connectivity index (χ2n) is 5.56. The minimum atomic E-state index is 0.286. The standard InChI is InChI=1S/C21H14N4O/c1-15-2-5-18(6-3-15)24-25-19-7-10-20(11-8-19)26-21-9-4-16(13-22)17(12-21)14-23/h2-12H,1H3. The summed E-state index contributed by atoms with van der Waals surface area (Å²) in [5, 5.41) is 26.4. The summed E-state index contributed by atoms with van der Waals surface area (Å²) in [4.78, 5) is 0. The zero-order chi connectivity index (χ0) is 18.4. The fraction of sp³-hybridized carbons (Fsp3) is 0.0476. The van der Waals surface area contributed by atoms with Crippen LogP contribution in [0.1, 0.15) is 16.7 Å². The number of nitriles is 2. The van der Waals surface area contributed by atoms with E-state index in [0.717, 1.165) is 5.69 Å². The Morgan fingerprint density at radius 1 is 0.692 bits per heavy atom. The van der Waals surface area contributed by atoms with Gasteiger partial charge in [-0.25, -0.2) is 0 Å². The van der Waals surface area contributed by atoms with Gasteiger partial charge in [-0.15, -0.1) is 0 Å². The maximum atomic E-state index is 9.07. The summed E-state index contributed by atoms with van der Waals surface area (Å²) < 4.78 is 5.72. The molecule has 3 rings (SSSR count). The van der Waals surface area contributed by atoms with E-state index in [-0.39, 0.29) is 5.56 Å². The molecule has 124 valence electrons. The van der Waals surface area contributed by atoms with Crippen LogP contribution < -0.4 is 4.74 Å². The van der Waals surface area contributed by atoms with Gasteiger partial charge in [0.15, 0.2) is 0 Å². The fourth-order valence-corrected chi connectivity index (χ4v) is 2.22. The van der Waals surface area contributed by atoms with Crippen LogP contribution in [0.2, 0.25) is 0 Å². The van der Waals surface area contributed by atoms with E-state index in [1.165, 1.54) is 5.56 Å². The molecule has 0 spiro atoms. The zero-order valence-corrected chi connectivity index (χ0v) is 14.0. The zero-order valence-electron chi connectivity index (χ0n) is 14.0. The van der Waals surface area contributed by atoms with E-state index in [9.17, 15) is 0 Å². The normalized spacial score (nSPS) is 10.3. The molecule has 0 saturated heterocycles. The third kappa shape index (κ3) is 4.11. The van der Waals surface area contributed by atoms with Crippen LogP contribution in [0.4, 0.5) is 11.4 Å². The number of nitrogens with zero attached hydrogens (tertiary/aromatic N) is 4. The lowest BCUT2D eigenvalue weighted by atomic mass is 10.1.